The van der Waals surface area contributed by atoms with Gasteiger partial charge < -0.3 is 4.74 Å². The lowest BCUT2D eigenvalue weighted by Crippen LogP contribution is -2.10. The average Bonchev–Trinajstić information content (AvgIpc) is 2.57. The van der Waals surface area contributed by atoms with Crippen molar-refractivity contribution in [2.45, 2.75) is 36.0 Å². The van der Waals surface area contributed by atoms with E-state index in [2.05, 4.69) is 51.1 Å². The van der Waals surface area contributed by atoms with Crippen molar-refractivity contribution in [3.05, 3.63) is 84.4 Å². The highest BCUT2D eigenvalue weighted by atomic mass is 32.2. The molecule has 2 heteroatoms. The standard InChI is InChI=1S/C22H22OS/c1-22(2,3)17-13-15-19(16-14-17)24-21-12-8-7-11-20(21)23-18-9-5-4-6-10-18/h4-16H,1-3H3. The molecule has 0 atom stereocenters. The molecule has 3 aromatic rings. The molecule has 0 aliphatic heterocycles. The van der Waals surface area contributed by atoms with Gasteiger partial charge in [-0.05, 0) is 47.4 Å². The van der Waals surface area contributed by atoms with Gasteiger partial charge in [0.1, 0.15) is 11.5 Å². The summed E-state index contributed by atoms with van der Waals surface area (Å²) >= 11 is 1.73. The third-order valence-corrected chi connectivity index (χ3v) is 4.83. The number of ether oxygens (including phenoxy) is 1. The molecule has 0 spiro atoms. The minimum atomic E-state index is 0.178. The molecule has 0 unspecified atom stereocenters. The molecule has 0 bridgehead atoms. The van der Waals surface area contributed by atoms with Gasteiger partial charge in [-0.25, -0.2) is 0 Å². The Hall–Kier alpha value is -2.19. The van der Waals surface area contributed by atoms with Crippen LogP contribution in [0.25, 0.3) is 0 Å². The zero-order valence-corrected chi connectivity index (χ0v) is 15.1. The average molecular weight is 334 g/mol. The van der Waals surface area contributed by atoms with Crippen LogP contribution in [-0.4, -0.2) is 0 Å². The summed E-state index contributed by atoms with van der Waals surface area (Å²) in [6.07, 6.45) is 0. The Bertz CT molecular complexity index is 786. The zero-order chi connectivity index (χ0) is 17.0. The van der Waals surface area contributed by atoms with Gasteiger partial charge in [0.25, 0.3) is 0 Å². The highest BCUT2D eigenvalue weighted by Crippen LogP contribution is 2.37. The summed E-state index contributed by atoms with van der Waals surface area (Å²) in [7, 11) is 0. The van der Waals surface area contributed by atoms with Crippen LogP contribution in [0.5, 0.6) is 11.5 Å². The maximum atomic E-state index is 6.04. The Labute approximate surface area is 148 Å². The molecular formula is C22H22OS. The fourth-order valence-corrected chi connectivity index (χ4v) is 3.27. The molecule has 0 fully saturated rings. The Kier molecular flexibility index (Phi) is 4.96. The number of para-hydroxylation sites is 2. The number of rotatable bonds is 4. The fraction of sp³-hybridized carbons (Fsp3) is 0.182. The second-order valence-electron chi connectivity index (χ2n) is 6.74. The predicted octanol–water partition coefficient (Wildman–Crippen LogP) is 6.93. The van der Waals surface area contributed by atoms with Crippen molar-refractivity contribution in [1.82, 2.24) is 0 Å². The number of hydrogen-bond donors (Lipinski definition) is 0. The van der Waals surface area contributed by atoms with Crippen molar-refractivity contribution < 1.29 is 4.74 Å². The zero-order valence-electron chi connectivity index (χ0n) is 14.3. The summed E-state index contributed by atoms with van der Waals surface area (Å²) in [5, 5.41) is 0. The van der Waals surface area contributed by atoms with Gasteiger partial charge in [0.15, 0.2) is 0 Å². The maximum absolute atomic E-state index is 6.04. The molecular weight excluding hydrogens is 312 g/mol. The van der Waals surface area contributed by atoms with E-state index in [1.165, 1.54) is 10.5 Å². The summed E-state index contributed by atoms with van der Waals surface area (Å²) in [4.78, 5) is 2.33. The SMILES string of the molecule is CC(C)(C)c1ccc(Sc2ccccc2Oc2ccccc2)cc1. The molecule has 0 amide bonds. The van der Waals surface area contributed by atoms with E-state index >= 15 is 0 Å². The third kappa shape index (κ3) is 4.21. The van der Waals surface area contributed by atoms with Crippen LogP contribution in [0.2, 0.25) is 0 Å². The van der Waals surface area contributed by atoms with E-state index in [0.717, 1.165) is 16.4 Å². The Morgan fingerprint density at radius 3 is 2.00 bits per heavy atom. The van der Waals surface area contributed by atoms with Crippen molar-refractivity contribution >= 4 is 11.8 Å². The second-order valence-corrected chi connectivity index (χ2v) is 7.85. The molecule has 0 N–H and O–H groups in total. The normalized spacial score (nSPS) is 11.3. The van der Waals surface area contributed by atoms with Crippen LogP contribution in [0.3, 0.4) is 0 Å². The molecule has 24 heavy (non-hydrogen) atoms. The van der Waals surface area contributed by atoms with E-state index in [9.17, 15) is 0 Å². The van der Waals surface area contributed by atoms with E-state index in [-0.39, 0.29) is 5.41 Å². The summed E-state index contributed by atoms with van der Waals surface area (Å²) in [5.74, 6) is 1.74. The van der Waals surface area contributed by atoms with Crippen LogP contribution in [0.1, 0.15) is 26.3 Å². The molecule has 0 saturated heterocycles. The van der Waals surface area contributed by atoms with Crippen molar-refractivity contribution in [2.24, 2.45) is 0 Å². The van der Waals surface area contributed by atoms with Gasteiger partial charge in [0.2, 0.25) is 0 Å². The second kappa shape index (κ2) is 7.14. The molecule has 3 rings (SSSR count). The highest BCUT2D eigenvalue weighted by Gasteiger charge is 2.13. The lowest BCUT2D eigenvalue weighted by atomic mass is 9.87. The highest BCUT2D eigenvalue weighted by molar-refractivity contribution is 7.99. The topological polar surface area (TPSA) is 9.23 Å². The first kappa shape index (κ1) is 16.7. The smallest absolute Gasteiger partial charge is 0.141 e. The molecule has 0 saturated carbocycles. The Morgan fingerprint density at radius 1 is 0.708 bits per heavy atom. The van der Waals surface area contributed by atoms with Gasteiger partial charge in [-0.15, -0.1) is 0 Å². The molecule has 0 heterocycles. The summed E-state index contributed by atoms with van der Waals surface area (Å²) in [5.41, 5.74) is 1.53. The summed E-state index contributed by atoms with van der Waals surface area (Å²) in [6, 6.07) is 26.9. The van der Waals surface area contributed by atoms with Gasteiger partial charge in [-0.3, -0.25) is 0 Å². The fourth-order valence-electron chi connectivity index (χ4n) is 2.38. The van der Waals surface area contributed by atoms with Crippen molar-refractivity contribution in [1.29, 1.82) is 0 Å². The first-order valence-electron chi connectivity index (χ1n) is 8.13. The quantitative estimate of drug-likeness (QED) is 0.511. The van der Waals surface area contributed by atoms with E-state index in [1.807, 2.05) is 48.5 Å². The van der Waals surface area contributed by atoms with Crippen molar-refractivity contribution in [3.63, 3.8) is 0 Å². The van der Waals surface area contributed by atoms with E-state index in [4.69, 9.17) is 4.74 Å². The van der Waals surface area contributed by atoms with Crippen LogP contribution in [-0.2, 0) is 5.41 Å². The van der Waals surface area contributed by atoms with Crippen molar-refractivity contribution in [2.75, 3.05) is 0 Å². The Balaban J connectivity index is 1.80. The monoisotopic (exact) mass is 334 g/mol. The van der Waals surface area contributed by atoms with E-state index in [0.29, 0.717) is 0 Å². The van der Waals surface area contributed by atoms with Crippen LogP contribution in [0, 0.1) is 0 Å². The minimum absolute atomic E-state index is 0.178. The molecule has 0 aliphatic carbocycles. The molecule has 0 aromatic heterocycles. The first-order chi connectivity index (χ1) is 11.5. The Morgan fingerprint density at radius 2 is 1.33 bits per heavy atom. The van der Waals surface area contributed by atoms with Crippen molar-refractivity contribution in [3.8, 4) is 11.5 Å². The minimum Gasteiger partial charge on any atom is -0.456 e. The van der Waals surface area contributed by atoms with Gasteiger partial charge >= 0.3 is 0 Å². The van der Waals surface area contributed by atoms with Crippen LogP contribution in [0.4, 0.5) is 0 Å². The number of hydrogen-bond acceptors (Lipinski definition) is 2. The summed E-state index contributed by atoms with van der Waals surface area (Å²) in [6.45, 7) is 6.70. The molecule has 1 nitrogen and oxygen atoms in total. The largest absolute Gasteiger partial charge is 0.456 e. The van der Waals surface area contributed by atoms with Crippen LogP contribution >= 0.6 is 11.8 Å². The van der Waals surface area contributed by atoms with Gasteiger partial charge in [-0.2, -0.15) is 0 Å². The van der Waals surface area contributed by atoms with Gasteiger partial charge in [-0.1, -0.05) is 75.0 Å². The first-order valence-corrected chi connectivity index (χ1v) is 8.94. The molecule has 0 aliphatic rings. The molecule has 122 valence electrons. The maximum Gasteiger partial charge on any atom is 0.141 e. The van der Waals surface area contributed by atoms with Crippen LogP contribution < -0.4 is 4.74 Å². The van der Waals surface area contributed by atoms with Gasteiger partial charge in [0.05, 0.1) is 4.90 Å². The lowest BCUT2D eigenvalue weighted by Gasteiger charge is -2.19. The summed E-state index contributed by atoms with van der Waals surface area (Å²) < 4.78 is 6.04. The predicted molar refractivity (Wildman–Crippen MR) is 102 cm³/mol. The number of benzene rings is 3. The van der Waals surface area contributed by atoms with Gasteiger partial charge in [0, 0.05) is 4.90 Å². The van der Waals surface area contributed by atoms with Crippen LogP contribution in [0.15, 0.2) is 88.7 Å². The molecule has 0 radical (unpaired) electrons. The molecule has 3 aromatic carbocycles. The van der Waals surface area contributed by atoms with E-state index < -0.39 is 0 Å². The van der Waals surface area contributed by atoms with E-state index in [1.54, 1.807) is 11.8 Å². The lowest BCUT2D eigenvalue weighted by molar-refractivity contribution is 0.471. The third-order valence-electron chi connectivity index (χ3n) is 3.77.